The lowest BCUT2D eigenvalue weighted by Crippen LogP contribution is -2.36. The Morgan fingerprint density at radius 2 is 2.47 bits per heavy atom. The molecule has 1 aromatic rings. The molecular formula is C11H12N2OS. The number of hydrogen-bond donors (Lipinski definition) is 1. The van der Waals surface area contributed by atoms with Gasteiger partial charge >= 0.3 is 0 Å². The number of carbonyl (C=O) groups excluding carboxylic acids is 1. The molecule has 15 heavy (non-hydrogen) atoms. The maximum Gasteiger partial charge on any atom is 0.252 e. The molecule has 3 nitrogen and oxygen atoms in total. The predicted octanol–water partition coefficient (Wildman–Crippen LogP) is 2.17. The van der Waals surface area contributed by atoms with E-state index < -0.39 is 0 Å². The van der Waals surface area contributed by atoms with Gasteiger partial charge in [0.1, 0.15) is 0 Å². The number of nitriles is 1. The Hall–Kier alpha value is -1.34. The maximum atomic E-state index is 11.7. The molecule has 0 bridgehead atoms. The first-order chi connectivity index (χ1) is 7.31. The van der Waals surface area contributed by atoms with Gasteiger partial charge in [0.2, 0.25) is 0 Å². The summed E-state index contributed by atoms with van der Waals surface area (Å²) in [6, 6.07) is 4.10. The molecule has 0 aromatic carbocycles. The van der Waals surface area contributed by atoms with Crippen LogP contribution in [0.2, 0.25) is 0 Å². The van der Waals surface area contributed by atoms with Crippen molar-refractivity contribution in [2.45, 2.75) is 25.3 Å². The van der Waals surface area contributed by atoms with Crippen molar-refractivity contribution < 1.29 is 4.79 Å². The highest BCUT2D eigenvalue weighted by molar-refractivity contribution is 7.08. The van der Waals surface area contributed by atoms with E-state index in [9.17, 15) is 4.79 Å². The van der Waals surface area contributed by atoms with Crippen molar-refractivity contribution in [3.63, 3.8) is 0 Å². The highest BCUT2D eigenvalue weighted by Crippen LogP contribution is 2.25. The fourth-order valence-corrected chi connectivity index (χ4v) is 2.57. The highest BCUT2D eigenvalue weighted by atomic mass is 32.1. The first-order valence-electron chi connectivity index (χ1n) is 5.04. The first kappa shape index (κ1) is 10.2. The van der Waals surface area contributed by atoms with Gasteiger partial charge in [-0.15, -0.1) is 0 Å². The number of thiophene rings is 1. The van der Waals surface area contributed by atoms with Gasteiger partial charge in [0.15, 0.2) is 0 Å². The zero-order valence-electron chi connectivity index (χ0n) is 8.27. The van der Waals surface area contributed by atoms with Gasteiger partial charge in [-0.3, -0.25) is 4.79 Å². The third-order valence-corrected chi connectivity index (χ3v) is 3.46. The number of carbonyl (C=O) groups is 1. The molecule has 1 N–H and O–H groups in total. The van der Waals surface area contributed by atoms with Crippen LogP contribution < -0.4 is 5.32 Å². The van der Waals surface area contributed by atoms with Crippen LogP contribution in [0, 0.1) is 17.2 Å². The van der Waals surface area contributed by atoms with Crippen LogP contribution in [0.25, 0.3) is 0 Å². The van der Waals surface area contributed by atoms with Crippen molar-refractivity contribution in [2.24, 2.45) is 5.92 Å². The SMILES string of the molecule is N#CC1CCCC1NC(=O)c1ccsc1. The minimum Gasteiger partial charge on any atom is -0.348 e. The molecule has 0 saturated heterocycles. The lowest BCUT2D eigenvalue weighted by Gasteiger charge is -2.14. The van der Waals surface area contributed by atoms with Gasteiger partial charge in [0.25, 0.3) is 5.91 Å². The van der Waals surface area contributed by atoms with E-state index in [1.807, 2.05) is 10.8 Å². The largest absolute Gasteiger partial charge is 0.348 e. The van der Waals surface area contributed by atoms with E-state index in [0.717, 1.165) is 19.3 Å². The number of hydrogen-bond acceptors (Lipinski definition) is 3. The van der Waals surface area contributed by atoms with Gasteiger partial charge in [0, 0.05) is 17.0 Å². The number of rotatable bonds is 2. The van der Waals surface area contributed by atoms with Crippen LogP contribution in [0.4, 0.5) is 0 Å². The Balaban J connectivity index is 1.98. The van der Waals surface area contributed by atoms with Crippen molar-refractivity contribution in [2.75, 3.05) is 0 Å². The lowest BCUT2D eigenvalue weighted by molar-refractivity contribution is 0.0933. The normalized spacial score (nSPS) is 24.7. The molecule has 78 valence electrons. The number of amides is 1. The van der Waals surface area contributed by atoms with Gasteiger partial charge in [-0.2, -0.15) is 16.6 Å². The molecule has 1 aliphatic carbocycles. The van der Waals surface area contributed by atoms with E-state index >= 15 is 0 Å². The monoisotopic (exact) mass is 220 g/mol. The van der Waals surface area contributed by atoms with E-state index in [1.54, 1.807) is 6.07 Å². The molecule has 4 heteroatoms. The second-order valence-corrected chi connectivity index (χ2v) is 4.54. The third kappa shape index (κ3) is 2.18. The average Bonchev–Trinajstić information content (AvgIpc) is 2.87. The number of nitrogens with one attached hydrogen (secondary N) is 1. The highest BCUT2D eigenvalue weighted by Gasteiger charge is 2.28. The van der Waals surface area contributed by atoms with Gasteiger partial charge < -0.3 is 5.32 Å². The zero-order chi connectivity index (χ0) is 10.7. The van der Waals surface area contributed by atoms with Crippen molar-refractivity contribution in [3.8, 4) is 6.07 Å². The summed E-state index contributed by atoms with van der Waals surface area (Å²) in [5.41, 5.74) is 0.698. The third-order valence-electron chi connectivity index (χ3n) is 2.78. The van der Waals surface area contributed by atoms with E-state index in [-0.39, 0.29) is 17.9 Å². The van der Waals surface area contributed by atoms with E-state index in [1.165, 1.54) is 11.3 Å². The molecule has 2 unspecified atom stereocenters. The topological polar surface area (TPSA) is 52.9 Å². The summed E-state index contributed by atoms with van der Waals surface area (Å²) >= 11 is 1.51. The molecule has 0 radical (unpaired) electrons. The Morgan fingerprint density at radius 1 is 1.60 bits per heavy atom. The van der Waals surface area contributed by atoms with Gasteiger partial charge in [0.05, 0.1) is 12.0 Å². The molecule has 1 saturated carbocycles. The van der Waals surface area contributed by atoms with E-state index in [2.05, 4.69) is 11.4 Å². The van der Waals surface area contributed by atoms with Gasteiger partial charge in [-0.05, 0) is 30.7 Å². The van der Waals surface area contributed by atoms with Crippen molar-refractivity contribution in [3.05, 3.63) is 22.4 Å². The molecule has 2 rings (SSSR count). The maximum absolute atomic E-state index is 11.7. The van der Waals surface area contributed by atoms with Crippen molar-refractivity contribution >= 4 is 17.2 Å². The molecule has 1 heterocycles. The lowest BCUT2D eigenvalue weighted by atomic mass is 10.1. The average molecular weight is 220 g/mol. The Labute approximate surface area is 92.7 Å². The van der Waals surface area contributed by atoms with Gasteiger partial charge in [-0.25, -0.2) is 0 Å². The summed E-state index contributed by atoms with van der Waals surface area (Å²) in [6.07, 6.45) is 2.87. The summed E-state index contributed by atoms with van der Waals surface area (Å²) < 4.78 is 0. The van der Waals surface area contributed by atoms with Crippen LogP contribution in [-0.4, -0.2) is 11.9 Å². The Bertz CT molecular complexity index is 380. The zero-order valence-corrected chi connectivity index (χ0v) is 9.09. The minimum absolute atomic E-state index is 0.00687. The molecular weight excluding hydrogens is 208 g/mol. The summed E-state index contributed by atoms with van der Waals surface area (Å²) in [5.74, 6) is -0.0593. The Kier molecular flexibility index (Phi) is 3.02. The summed E-state index contributed by atoms with van der Waals surface area (Å²) in [4.78, 5) is 11.7. The molecule has 1 fully saturated rings. The molecule has 1 aromatic heterocycles. The molecule has 1 amide bonds. The fraction of sp³-hybridized carbons (Fsp3) is 0.455. The fourth-order valence-electron chi connectivity index (χ4n) is 1.93. The summed E-state index contributed by atoms with van der Waals surface area (Å²) in [7, 11) is 0. The molecule has 1 aliphatic rings. The predicted molar refractivity (Wildman–Crippen MR) is 58.5 cm³/mol. The van der Waals surface area contributed by atoms with Crippen LogP contribution in [0.15, 0.2) is 16.8 Å². The minimum atomic E-state index is -0.0524. The molecule has 2 atom stereocenters. The smallest absolute Gasteiger partial charge is 0.252 e. The molecule has 0 aliphatic heterocycles. The van der Waals surface area contributed by atoms with Crippen LogP contribution in [0.1, 0.15) is 29.6 Å². The van der Waals surface area contributed by atoms with Crippen LogP contribution in [0.3, 0.4) is 0 Å². The first-order valence-corrected chi connectivity index (χ1v) is 5.98. The van der Waals surface area contributed by atoms with E-state index in [4.69, 9.17) is 5.26 Å². The van der Waals surface area contributed by atoms with Crippen molar-refractivity contribution in [1.29, 1.82) is 5.26 Å². The summed E-state index contributed by atoms with van der Waals surface area (Å²) in [5, 5.41) is 15.5. The van der Waals surface area contributed by atoms with E-state index in [0.29, 0.717) is 5.56 Å². The Morgan fingerprint density at radius 3 is 3.13 bits per heavy atom. The van der Waals surface area contributed by atoms with Gasteiger partial charge in [-0.1, -0.05) is 0 Å². The van der Waals surface area contributed by atoms with Crippen LogP contribution in [-0.2, 0) is 0 Å². The number of nitrogens with zero attached hydrogens (tertiary/aromatic N) is 1. The molecule has 0 spiro atoms. The standard InChI is InChI=1S/C11H12N2OS/c12-6-8-2-1-3-10(8)13-11(14)9-4-5-15-7-9/h4-5,7-8,10H,1-3H2,(H,13,14). The summed E-state index contributed by atoms with van der Waals surface area (Å²) in [6.45, 7) is 0. The van der Waals surface area contributed by atoms with Crippen LogP contribution >= 0.6 is 11.3 Å². The quantitative estimate of drug-likeness (QED) is 0.830. The van der Waals surface area contributed by atoms with Crippen LogP contribution in [0.5, 0.6) is 0 Å². The second-order valence-electron chi connectivity index (χ2n) is 3.76. The van der Waals surface area contributed by atoms with Crippen molar-refractivity contribution in [1.82, 2.24) is 5.32 Å². The second kappa shape index (κ2) is 4.45.